The van der Waals surface area contributed by atoms with E-state index >= 15 is 0 Å². The number of ether oxygens (including phenoxy) is 1. The third-order valence-electron chi connectivity index (χ3n) is 2.70. The summed E-state index contributed by atoms with van der Waals surface area (Å²) in [5.74, 6) is -0.268. The molecule has 0 saturated carbocycles. The van der Waals surface area contributed by atoms with Crippen LogP contribution in [0.2, 0.25) is 0 Å². The number of halogens is 3. The summed E-state index contributed by atoms with van der Waals surface area (Å²) < 4.78 is 40.3. The van der Waals surface area contributed by atoms with Crippen molar-refractivity contribution in [2.24, 2.45) is 0 Å². The van der Waals surface area contributed by atoms with E-state index in [-0.39, 0.29) is 18.9 Å². The van der Waals surface area contributed by atoms with Crippen molar-refractivity contribution in [3.05, 3.63) is 53.9 Å². The van der Waals surface area contributed by atoms with Crippen LogP contribution in [0.1, 0.15) is 11.1 Å². The number of hydrogen-bond donors (Lipinski definition) is 2. The summed E-state index contributed by atoms with van der Waals surface area (Å²) >= 11 is 0. The molecule has 0 aliphatic rings. The summed E-state index contributed by atoms with van der Waals surface area (Å²) in [7, 11) is 0. The van der Waals surface area contributed by atoms with E-state index in [2.05, 4.69) is 15.0 Å². The molecule has 0 saturated heterocycles. The number of aliphatic hydroxyl groups excluding tert-OH is 1. The molecule has 0 spiro atoms. The molecular formula is C14H13F3N2O2. The SMILES string of the molecule is OCc1ccncc1NCc1cccc(OC(F)(F)F)c1. The quantitative estimate of drug-likeness (QED) is 0.890. The van der Waals surface area contributed by atoms with Gasteiger partial charge in [0.25, 0.3) is 0 Å². The van der Waals surface area contributed by atoms with Gasteiger partial charge in [-0.05, 0) is 23.8 Å². The number of nitrogens with zero attached hydrogens (tertiary/aromatic N) is 1. The van der Waals surface area contributed by atoms with Crippen LogP contribution in [0.25, 0.3) is 0 Å². The summed E-state index contributed by atoms with van der Waals surface area (Å²) in [6.45, 7) is 0.135. The molecule has 4 nitrogen and oxygen atoms in total. The first-order valence-electron chi connectivity index (χ1n) is 6.10. The monoisotopic (exact) mass is 298 g/mol. The van der Waals surface area contributed by atoms with Crippen LogP contribution >= 0.6 is 0 Å². The average Bonchev–Trinajstić information content (AvgIpc) is 2.44. The molecule has 0 aliphatic heterocycles. The average molecular weight is 298 g/mol. The van der Waals surface area contributed by atoms with Gasteiger partial charge in [-0.1, -0.05) is 12.1 Å². The Morgan fingerprint density at radius 2 is 2.05 bits per heavy atom. The van der Waals surface area contributed by atoms with Crippen LogP contribution in [-0.2, 0) is 13.2 Å². The lowest BCUT2D eigenvalue weighted by atomic mass is 10.2. The van der Waals surface area contributed by atoms with Crippen molar-refractivity contribution in [1.29, 1.82) is 0 Å². The number of benzene rings is 1. The maximum absolute atomic E-state index is 12.1. The van der Waals surface area contributed by atoms with Crippen molar-refractivity contribution in [3.63, 3.8) is 0 Å². The van der Waals surface area contributed by atoms with Gasteiger partial charge in [0.05, 0.1) is 18.5 Å². The molecule has 0 radical (unpaired) electrons. The molecule has 0 bridgehead atoms. The van der Waals surface area contributed by atoms with Crippen molar-refractivity contribution in [2.45, 2.75) is 19.5 Å². The number of aromatic nitrogens is 1. The maximum Gasteiger partial charge on any atom is 0.573 e. The van der Waals surface area contributed by atoms with E-state index in [1.165, 1.54) is 18.2 Å². The first kappa shape index (κ1) is 15.1. The smallest absolute Gasteiger partial charge is 0.406 e. The van der Waals surface area contributed by atoms with Gasteiger partial charge < -0.3 is 15.2 Å². The number of anilines is 1. The first-order valence-corrected chi connectivity index (χ1v) is 6.10. The van der Waals surface area contributed by atoms with Crippen LogP contribution in [0, 0.1) is 0 Å². The number of hydrogen-bond acceptors (Lipinski definition) is 4. The fraction of sp³-hybridized carbons (Fsp3) is 0.214. The van der Waals surface area contributed by atoms with Gasteiger partial charge >= 0.3 is 6.36 Å². The number of rotatable bonds is 5. The van der Waals surface area contributed by atoms with Crippen LogP contribution in [-0.4, -0.2) is 16.5 Å². The highest BCUT2D eigenvalue weighted by Gasteiger charge is 2.31. The Kier molecular flexibility index (Phi) is 4.64. The maximum atomic E-state index is 12.1. The standard InChI is InChI=1S/C14H13F3N2O2/c15-14(16,17)21-12-3-1-2-10(6-12)7-19-13-8-18-5-4-11(13)9-20/h1-6,8,19-20H,7,9H2. The van der Waals surface area contributed by atoms with Crippen LogP contribution < -0.4 is 10.1 Å². The fourth-order valence-corrected chi connectivity index (χ4v) is 1.77. The lowest BCUT2D eigenvalue weighted by molar-refractivity contribution is -0.274. The summed E-state index contributed by atoms with van der Waals surface area (Å²) in [5, 5.41) is 12.2. The van der Waals surface area contributed by atoms with Crippen LogP contribution in [0.15, 0.2) is 42.7 Å². The fourth-order valence-electron chi connectivity index (χ4n) is 1.77. The first-order chi connectivity index (χ1) is 9.98. The van der Waals surface area contributed by atoms with Crippen molar-refractivity contribution in [3.8, 4) is 5.75 Å². The molecule has 7 heteroatoms. The van der Waals surface area contributed by atoms with Crippen LogP contribution in [0.5, 0.6) is 5.75 Å². The predicted octanol–water partition coefficient (Wildman–Crippen LogP) is 3.08. The largest absolute Gasteiger partial charge is 0.573 e. The van der Waals surface area contributed by atoms with Crippen molar-refractivity contribution in [1.82, 2.24) is 4.98 Å². The number of nitrogens with one attached hydrogen (secondary N) is 1. The highest BCUT2D eigenvalue weighted by atomic mass is 19.4. The van der Waals surface area contributed by atoms with Crippen molar-refractivity contribution in [2.75, 3.05) is 5.32 Å². The van der Waals surface area contributed by atoms with E-state index in [9.17, 15) is 18.3 Å². The minimum atomic E-state index is -4.71. The van der Waals surface area contributed by atoms with Crippen LogP contribution in [0.4, 0.5) is 18.9 Å². The van der Waals surface area contributed by atoms with Crippen molar-refractivity contribution < 1.29 is 23.0 Å². The normalized spacial score (nSPS) is 11.2. The lowest BCUT2D eigenvalue weighted by Crippen LogP contribution is -2.17. The molecular weight excluding hydrogens is 285 g/mol. The van der Waals surface area contributed by atoms with Gasteiger partial charge in [-0.2, -0.15) is 0 Å². The van der Waals surface area contributed by atoms with Gasteiger partial charge in [-0.25, -0.2) is 0 Å². The molecule has 0 atom stereocenters. The number of aliphatic hydroxyl groups is 1. The Labute approximate surface area is 119 Å². The molecule has 2 rings (SSSR count). The topological polar surface area (TPSA) is 54.4 Å². The Morgan fingerprint density at radius 3 is 2.76 bits per heavy atom. The second kappa shape index (κ2) is 6.45. The van der Waals surface area contributed by atoms with Gasteiger partial charge in [0, 0.05) is 18.3 Å². The van der Waals surface area contributed by atoms with Crippen LogP contribution in [0.3, 0.4) is 0 Å². The van der Waals surface area contributed by atoms with E-state index in [0.29, 0.717) is 16.8 Å². The molecule has 1 heterocycles. The molecule has 0 fully saturated rings. The molecule has 1 aromatic carbocycles. The van der Waals surface area contributed by atoms with E-state index in [1.807, 2.05) is 0 Å². The molecule has 2 N–H and O–H groups in total. The molecule has 2 aromatic rings. The Hall–Kier alpha value is -2.28. The third kappa shape index (κ3) is 4.64. The van der Waals surface area contributed by atoms with E-state index in [0.717, 1.165) is 0 Å². The number of alkyl halides is 3. The lowest BCUT2D eigenvalue weighted by Gasteiger charge is -2.12. The van der Waals surface area contributed by atoms with E-state index < -0.39 is 6.36 Å². The molecule has 112 valence electrons. The second-order valence-electron chi connectivity index (χ2n) is 4.24. The second-order valence-corrected chi connectivity index (χ2v) is 4.24. The van der Waals surface area contributed by atoms with Gasteiger partial charge in [0.2, 0.25) is 0 Å². The zero-order chi connectivity index (χ0) is 15.3. The van der Waals surface area contributed by atoms with Crippen molar-refractivity contribution >= 4 is 5.69 Å². The van der Waals surface area contributed by atoms with Gasteiger partial charge in [0.1, 0.15) is 5.75 Å². The summed E-state index contributed by atoms with van der Waals surface area (Å²) in [6, 6.07) is 7.35. The van der Waals surface area contributed by atoms with E-state index in [1.54, 1.807) is 24.5 Å². The summed E-state index contributed by atoms with van der Waals surface area (Å²) in [4.78, 5) is 3.92. The number of pyridine rings is 1. The molecule has 1 aromatic heterocycles. The highest BCUT2D eigenvalue weighted by molar-refractivity contribution is 5.49. The Morgan fingerprint density at radius 1 is 1.24 bits per heavy atom. The van der Waals surface area contributed by atoms with Gasteiger partial charge in [-0.15, -0.1) is 13.2 Å². The summed E-state index contributed by atoms with van der Waals surface area (Å²) in [5.41, 5.74) is 1.90. The molecule has 0 aliphatic carbocycles. The molecule has 0 amide bonds. The molecule has 0 unspecified atom stereocenters. The Bertz CT molecular complexity index is 603. The third-order valence-corrected chi connectivity index (χ3v) is 2.70. The Balaban J connectivity index is 2.05. The predicted molar refractivity (Wildman–Crippen MR) is 70.6 cm³/mol. The van der Waals surface area contributed by atoms with E-state index in [4.69, 9.17) is 0 Å². The van der Waals surface area contributed by atoms with Gasteiger partial charge in [0.15, 0.2) is 0 Å². The zero-order valence-corrected chi connectivity index (χ0v) is 10.9. The minimum Gasteiger partial charge on any atom is -0.406 e. The zero-order valence-electron chi connectivity index (χ0n) is 10.9. The molecule has 21 heavy (non-hydrogen) atoms. The van der Waals surface area contributed by atoms with Gasteiger partial charge in [-0.3, -0.25) is 4.98 Å². The minimum absolute atomic E-state index is 0.151. The highest BCUT2D eigenvalue weighted by Crippen LogP contribution is 2.24. The summed E-state index contributed by atoms with van der Waals surface area (Å²) in [6.07, 6.45) is -1.62.